The van der Waals surface area contributed by atoms with Crippen molar-refractivity contribution in [3.8, 4) is 0 Å². The van der Waals surface area contributed by atoms with Crippen LogP contribution in [0.3, 0.4) is 0 Å². The molecule has 2 aromatic carbocycles. The second-order valence-electron chi connectivity index (χ2n) is 6.49. The second-order valence-corrected chi connectivity index (χ2v) is 6.49. The van der Waals surface area contributed by atoms with Crippen LogP contribution in [0.5, 0.6) is 0 Å². The highest BCUT2D eigenvalue weighted by molar-refractivity contribution is 5.92. The van der Waals surface area contributed by atoms with Gasteiger partial charge < -0.3 is 10.6 Å². The fourth-order valence-corrected chi connectivity index (χ4v) is 2.80. The van der Waals surface area contributed by atoms with Crippen LogP contribution in [0.25, 0.3) is 0 Å². The third-order valence-corrected chi connectivity index (χ3v) is 4.33. The van der Waals surface area contributed by atoms with E-state index in [9.17, 15) is 4.79 Å². The van der Waals surface area contributed by atoms with Crippen LogP contribution in [0.1, 0.15) is 32.9 Å². The minimum atomic E-state index is -0.199. The van der Waals surface area contributed by atoms with E-state index in [1.54, 1.807) is 6.07 Å². The van der Waals surface area contributed by atoms with E-state index in [0.717, 1.165) is 23.2 Å². The summed E-state index contributed by atoms with van der Waals surface area (Å²) in [6.45, 7) is 5.08. The lowest BCUT2D eigenvalue weighted by Gasteiger charge is -2.10. The third kappa shape index (κ3) is 5.38. The summed E-state index contributed by atoms with van der Waals surface area (Å²) in [6, 6.07) is 19.9. The van der Waals surface area contributed by atoms with E-state index in [2.05, 4.69) is 32.7 Å². The number of nitrogens with zero attached hydrogens (tertiary/aromatic N) is 2. The number of rotatable bonds is 7. The normalized spacial score (nSPS) is 10.4. The molecule has 0 fully saturated rings. The van der Waals surface area contributed by atoms with Crippen LogP contribution in [-0.2, 0) is 13.0 Å². The fraction of sp³-hybridized carbons (Fsp3) is 0.227. The molecule has 0 radical (unpaired) electrons. The summed E-state index contributed by atoms with van der Waals surface area (Å²) < 4.78 is 0. The number of hydrogen-bond acceptors (Lipinski definition) is 4. The Morgan fingerprint density at radius 3 is 2.48 bits per heavy atom. The number of hydrogen-bond donors (Lipinski definition) is 2. The summed E-state index contributed by atoms with van der Waals surface area (Å²) in [5.74, 6) is 0.279. The van der Waals surface area contributed by atoms with Gasteiger partial charge in [-0.05, 0) is 43.0 Å². The first kappa shape index (κ1) is 18.6. The zero-order valence-electron chi connectivity index (χ0n) is 15.7. The molecule has 138 valence electrons. The van der Waals surface area contributed by atoms with Gasteiger partial charge >= 0.3 is 0 Å². The van der Waals surface area contributed by atoms with E-state index in [4.69, 9.17) is 0 Å². The predicted octanol–water partition coefficient (Wildman–Crippen LogP) is 3.68. The molecule has 3 rings (SSSR count). The number of nitrogens with one attached hydrogen (secondary N) is 2. The van der Waals surface area contributed by atoms with Crippen LogP contribution in [0, 0.1) is 13.8 Å². The third-order valence-electron chi connectivity index (χ3n) is 4.33. The predicted molar refractivity (Wildman–Crippen MR) is 108 cm³/mol. The maximum atomic E-state index is 12.5. The Morgan fingerprint density at radius 2 is 1.70 bits per heavy atom. The molecule has 0 aliphatic carbocycles. The summed E-state index contributed by atoms with van der Waals surface area (Å²) in [5, 5.41) is 6.15. The molecule has 0 saturated heterocycles. The van der Waals surface area contributed by atoms with E-state index in [1.807, 2.05) is 56.3 Å². The Kier molecular flexibility index (Phi) is 6.15. The van der Waals surface area contributed by atoms with Gasteiger partial charge in [0.05, 0.1) is 0 Å². The van der Waals surface area contributed by atoms with Gasteiger partial charge in [0.1, 0.15) is 5.69 Å². The molecule has 3 aromatic rings. The van der Waals surface area contributed by atoms with E-state index >= 15 is 0 Å². The highest BCUT2D eigenvalue weighted by Crippen LogP contribution is 2.09. The highest BCUT2D eigenvalue weighted by atomic mass is 16.1. The average molecular weight is 360 g/mol. The molecular formula is C22H24N4O. The second kappa shape index (κ2) is 8.94. The molecule has 0 aliphatic rings. The number of amides is 1. The molecular weight excluding hydrogens is 336 g/mol. The smallest absolute Gasteiger partial charge is 0.270 e. The van der Waals surface area contributed by atoms with Gasteiger partial charge in [-0.1, -0.05) is 54.6 Å². The molecule has 5 nitrogen and oxygen atoms in total. The molecule has 0 bridgehead atoms. The standard InChI is InChI=1S/C22H24N4O/c1-16-8-6-7-11-19(16)15-24-21(27)20-14-17(2)25-22(26-20)23-13-12-18-9-4-3-5-10-18/h3-11,14H,12-13,15H2,1-2H3,(H,24,27)(H,23,25,26). The number of aryl methyl sites for hydroxylation is 2. The summed E-state index contributed by atoms with van der Waals surface area (Å²) in [5.41, 5.74) is 4.62. The molecule has 2 N–H and O–H groups in total. The molecule has 0 atom stereocenters. The van der Waals surface area contributed by atoms with Crippen molar-refractivity contribution in [2.24, 2.45) is 0 Å². The van der Waals surface area contributed by atoms with E-state index in [-0.39, 0.29) is 5.91 Å². The SMILES string of the molecule is Cc1cc(C(=O)NCc2ccccc2C)nc(NCCc2ccccc2)n1. The van der Waals surface area contributed by atoms with Crippen LogP contribution in [0.2, 0.25) is 0 Å². The van der Waals surface area contributed by atoms with Crippen LogP contribution in [0.4, 0.5) is 5.95 Å². The Balaban J connectivity index is 1.60. The first-order valence-electron chi connectivity index (χ1n) is 9.08. The summed E-state index contributed by atoms with van der Waals surface area (Å²) in [4.78, 5) is 21.2. The van der Waals surface area contributed by atoms with Crippen molar-refractivity contribution in [3.63, 3.8) is 0 Å². The summed E-state index contributed by atoms with van der Waals surface area (Å²) in [6.07, 6.45) is 0.868. The molecule has 27 heavy (non-hydrogen) atoms. The molecule has 0 spiro atoms. The zero-order valence-corrected chi connectivity index (χ0v) is 15.7. The zero-order chi connectivity index (χ0) is 19.1. The van der Waals surface area contributed by atoms with Crippen molar-refractivity contribution in [1.29, 1.82) is 0 Å². The lowest BCUT2D eigenvalue weighted by molar-refractivity contribution is 0.0945. The quantitative estimate of drug-likeness (QED) is 0.674. The topological polar surface area (TPSA) is 66.9 Å². The first-order valence-corrected chi connectivity index (χ1v) is 9.08. The van der Waals surface area contributed by atoms with Gasteiger partial charge in [-0.15, -0.1) is 0 Å². The van der Waals surface area contributed by atoms with Gasteiger partial charge in [-0.25, -0.2) is 9.97 Å². The number of aromatic nitrogens is 2. The molecule has 1 heterocycles. The molecule has 0 saturated carbocycles. The summed E-state index contributed by atoms with van der Waals surface area (Å²) >= 11 is 0. The van der Waals surface area contributed by atoms with Crippen molar-refractivity contribution >= 4 is 11.9 Å². The van der Waals surface area contributed by atoms with Crippen molar-refractivity contribution in [2.45, 2.75) is 26.8 Å². The van der Waals surface area contributed by atoms with E-state index in [0.29, 0.717) is 24.7 Å². The minimum absolute atomic E-state index is 0.199. The molecule has 1 amide bonds. The van der Waals surface area contributed by atoms with Gasteiger partial charge in [0.25, 0.3) is 5.91 Å². The van der Waals surface area contributed by atoms with Crippen LogP contribution in [-0.4, -0.2) is 22.4 Å². The van der Waals surface area contributed by atoms with Gasteiger partial charge in [0, 0.05) is 18.8 Å². The summed E-state index contributed by atoms with van der Waals surface area (Å²) in [7, 11) is 0. The van der Waals surface area contributed by atoms with Gasteiger partial charge in [0.2, 0.25) is 5.95 Å². The van der Waals surface area contributed by atoms with Crippen LogP contribution in [0.15, 0.2) is 60.7 Å². The van der Waals surface area contributed by atoms with Crippen molar-refractivity contribution in [1.82, 2.24) is 15.3 Å². The fourth-order valence-electron chi connectivity index (χ4n) is 2.80. The lowest BCUT2D eigenvalue weighted by atomic mass is 10.1. The molecule has 1 aromatic heterocycles. The monoisotopic (exact) mass is 360 g/mol. The molecule has 5 heteroatoms. The van der Waals surface area contributed by atoms with Crippen LogP contribution < -0.4 is 10.6 Å². The minimum Gasteiger partial charge on any atom is -0.354 e. The lowest BCUT2D eigenvalue weighted by Crippen LogP contribution is -2.25. The number of anilines is 1. The number of carbonyl (C=O) groups excluding carboxylic acids is 1. The maximum absolute atomic E-state index is 12.5. The van der Waals surface area contributed by atoms with Gasteiger partial charge in [0.15, 0.2) is 0 Å². The average Bonchev–Trinajstić information content (AvgIpc) is 2.67. The Hall–Kier alpha value is -3.21. The van der Waals surface area contributed by atoms with Crippen molar-refractivity contribution in [3.05, 3.63) is 88.7 Å². The molecule has 0 unspecified atom stereocenters. The van der Waals surface area contributed by atoms with Crippen LogP contribution >= 0.6 is 0 Å². The first-order chi connectivity index (χ1) is 13.1. The number of carbonyl (C=O) groups is 1. The Labute approximate surface area is 159 Å². The highest BCUT2D eigenvalue weighted by Gasteiger charge is 2.11. The van der Waals surface area contributed by atoms with Crippen molar-refractivity contribution < 1.29 is 4.79 Å². The Morgan fingerprint density at radius 1 is 0.963 bits per heavy atom. The van der Waals surface area contributed by atoms with E-state index in [1.165, 1.54) is 5.56 Å². The maximum Gasteiger partial charge on any atom is 0.270 e. The van der Waals surface area contributed by atoms with Gasteiger partial charge in [-0.2, -0.15) is 0 Å². The molecule has 0 aliphatic heterocycles. The van der Waals surface area contributed by atoms with Gasteiger partial charge in [-0.3, -0.25) is 4.79 Å². The largest absolute Gasteiger partial charge is 0.354 e. The number of benzene rings is 2. The van der Waals surface area contributed by atoms with Crippen molar-refractivity contribution in [2.75, 3.05) is 11.9 Å². The van der Waals surface area contributed by atoms with E-state index < -0.39 is 0 Å². The Bertz CT molecular complexity index is 909.